The maximum absolute atomic E-state index is 12.9. The van der Waals surface area contributed by atoms with Crippen LogP contribution in [0.4, 0.5) is 5.82 Å². The van der Waals surface area contributed by atoms with E-state index in [0.717, 1.165) is 18.8 Å². The van der Waals surface area contributed by atoms with Crippen molar-refractivity contribution in [3.8, 4) is 17.0 Å². The summed E-state index contributed by atoms with van der Waals surface area (Å²) in [4.78, 5) is 17.4. The lowest BCUT2D eigenvalue weighted by Gasteiger charge is -2.26. The van der Waals surface area contributed by atoms with Crippen LogP contribution in [-0.2, 0) is 6.54 Å². The van der Waals surface area contributed by atoms with E-state index in [1.807, 2.05) is 26.8 Å². The first kappa shape index (κ1) is 23.4. The highest BCUT2D eigenvalue weighted by Gasteiger charge is 2.26. The molecule has 0 radical (unpaired) electrons. The Morgan fingerprint density at radius 2 is 2.03 bits per heavy atom. The van der Waals surface area contributed by atoms with Gasteiger partial charge in [0, 0.05) is 31.4 Å². The molecular formula is C23H34ClN5O2. The van der Waals surface area contributed by atoms with E-state index in [4.69, 9.17) is 16.3 Å². The number of anilines is 1. The van der Waals surface area contributed by atoms with Crippen molar-refractivity contribution in [2.75, 3.05) is 19.0 Å². The Kier molecular flexibility index (Phi) is 7.81. The topological polar surface area (TPSA) is 81.1 Å². The van der Waals surface area contributed by atoms with E-state index in [1.54, 1.807) is 18.0 Å². The fourth-order valence-electron chi connectivity index (χ4n) is 4.08. The van der Waals surface area contributed by atoms with E-state index in [0.29, 0.717) is 46.9 Å². The maximum Gasteiger partial charge on any atom is 0.273 e. The minimum Gasteiger partial charge on any atom is -0.496 e. The van der Waals surface area contributed by atoms with Gasteiger partial charge in [-0.15, -0.1) is 0 Å². The molecule has 3 rings (SSSR count). The summed E-state index contributed by atoms with van der Waals surface area (Å²) >= 11 is 6.69. The number of hydrogen-bond acceptors (Lipinski definition) is 5. The van der Waals surface area contributed by atoms with Gasteiger partial charge in [-0.1, -0.05) is 31.4 Å². The first-order valence-corrected chi connectivity index (χ1v) is 11.6. The van der Waals surface area contributed by atoms with Crippen LogP contribution in [0.3, 0.4) is 0 Å². The van der Waals surface area contributed by atoms with Crippen molar-refractivity contribution in [3.63, 3.8) is 0 Å². The molecule has 1 saturated carbocycles. The van der Waals surface area contributed by atoms with Crippen molar-refractivity contribution in [2.45, 2.75) is 66.0 Å². The highest BCUT2D eigenvalue weighted by atomic mass is 35.5. The molecule has 2 N–H and O–H groups in total. The molecule has 2 aromatic heterocycles. The SMILES string of the molecule is CCn1nc(C(=O)NCC2CCC(C)CC2)c(Cl)c1-c1cnc(NC(C)C)cc1OC. The Morgan fingerprint density at radius 3 is 2.65 bits per heavy atom. The maximum atomic E-state index is 12.9. The van der Waals surface area contributed by atoms with Crippen LogP contribution >= 0.6 is 11.6 Å². The molecule has 1 aliphatic rings. The fraction of sp³-hybridized carbons (Fsp3) is 0.609. The Hall–Kier alpha value is -2.28. The lowest BCUT2D eigenvalue weighted by molar-refractivity contribution is 0.0936. The van der Waals surface area contributed by atoms with Crippen molar-refractivity contribution in [2.24, 2.45) is 11.8 Å². The first-order chi connectivity index (χ1) is 14.8. The number of methoxy groups -OCH3 is 1. The zero-order chi connectivity index (χ0) is 22.5. The Morgan fingerprint density at radius 1 is 1.32 bits per heavy atom. The predicted octanol–water partition coefficient (Wildman–Crippen LogP) is 5.00. The second-order valence-corrected chi connectivity index (χ2v) is 9.11. The van der Waals surface area contributed by atoms with Crippen LogP contribution in [0.15, 0.2) is 12.3 Å². The lowest BCUT2D eigenvalue weighted by Crippen LogP contribution is -2.31. The number of rotatable bonds is 8. The van der Waals surface area contributed by atoms with Crippen molar-refractivity contribution in [3.05, 3.63) is 23.0 Å². The molecule has 0 bridgehead atoms. The van der Waals surface area contributed by atoms with Crippen LogP contribution in [0.25, 0.3) is 11.3 Å². The Labute approximate surface area is 189 Å². The summed E-state index contributed by atoms with van der Waals surface area (Å²) in [5.74, 6) is 2.42. The smallest absolute Gasteiger partial charge is 0.273 e. The molecule has 8 heteroatoms. The number of amides is 1. The number of pyridine rings is 1. The molecule has 0 atom stereocenters. The monoisotopic (exact) mass is 447 g/mol. The van der Waals surface area contributed by atoms with Crippen molar-refractivity contribution < 1.29 is 9.53 Å². The number of aromatic nitrogens is 3. The average Bonchev–Trinajstić information content (AvgIpc) is 3.08. The van der Waals surface area contributed by atoms with E-state index in [2.05, 4.69) is 27.6 Å². The molecule has 31 heavy (non-hydrogen) atoms. The molecule has 170 valence electrons. The summed E-state index contributed by atoms with van der Waals surface area (Å²) in [6, 6.07) is 2.08. The quantitative estimate of drug-likeness (QED) is 0.594. The standard InChI is InChI=1S/C23H34ClN5O2/c1-6-29-22(17-13-25-19(27-14(2)3)11-18(17)31-5)20(24)21(28-29)23(30)26-12-16-9-7-15(4)8-10-16/h11,13-16H,6-10,12H2,1-5H3,(H,25,27)(H,26,30). The summed E-state index contributed by atoms with van der Waals surface area (Å²) in [6.45, 7) is 9.58. The van der Waals surface area contributed by atoms with Crippen LogP contribution in [0.5, 0.6) is 5.75 Å². The molecule has 2 heterocycles. The van der Waals surface area contributed by atoms with Gasteiger partial charge in [-0.2, -0.15) is 5.10 Å². The molecule has 1 aliphatic carbocycles. The van der Waals surface area contributed by atoms with E-state index < -0.39 is 0 Å². The highest BCUT2D eigenvalue weighted by molar-refractivity contribution is 6.36. The third-order valence-corrected chi connectivity index (χ3v) is 6.23. The molecule has 0 spiro atoms. The minimum atomic E-state index is -0.234. The van der Waals surface area contributed by atoms with Gasteiger partial charge in [0.25, 0.3) is 5.91 Å². The zero-order valence-electron chi connectivity index (χ0n) is 19.2. The van der Waals surface area contributed by atoms with Gasteiger partial charge in [-0.05, 0) is 45.4 Å². The van der Waals surface area contributed by atoms with E-state index >= 15 is 0 Å². The number of ether oxygens (including phenoxy) is 1. The Bertz CT molecular complexity index is 904. The van der Waals surface area contributed by atoms with Gasteiger partial charge in [0.2, 0.25) is 0 Å². The second kappa shape index (κ2) is 10.4. The van der Waals surface area contributed by atoms with Crippen LogP contribution in [0, 0.1) is 11.8 Å². The number of nitrogens with one attached hydrogen (secondary N) is 2. The summed E-state index contributed by atoms with van der Waals surface area (Å²) in [6.07, 6.45) is 6.48. The molecule has 0 saturated heterocycles. The Balaban J connectivity index is 1.83. The second-order valence-electron chi connectivity index (χ2n) is 8.73. The summed E-state index contributed by atoms with van der Waals surface area (Å²) in [5, 5.41) is 11.1. The molecule has 1 fully saturated rings. The minimum absolute atomic E-state index is 0.234. The molecule has 0 unspecified atom stereocenters. The number of aryl methyl sites for hydroxylation is 1. The lowest BCUT2D eigenvalue weighted by atomic mass is 9.83. The van der Waals surface area contributed by atoms with Gasteiger partial charge in [-0.3, -0.25) is 9.48 Å². The van der Waals surface area contributed by atoms with Crippen molar-refractivity contribution >= 4 is 23.3 Å². The normalized spacial score (nSPS) is 18.8. The van der Waals surface area contributed by atoms with Gasteiger partial charge in [0.05, 0.1) is 23.4 Å². The number of carbonyl (C=O) groups excluding carboxylic acids is 1. The number of nitrogens with zero attached hydrogens (tertiary/aromatic N) is 3. The zero-order valence-corrected chi connectivity index (χ0v) is 19.9. The van der Waals surface area contributed by atoms with Crippen LogP contribution in [0.1, 0.15) is 63.9 Å². The molecule has 0 aromatic carbocycles. The van der Waals surface area contributed by atoms with Gasteiger partial charge in [0.15, 0.2) is 5.69 Å². The van der Waals surface area contributed by atoms with E-state index in [1.165, 1.54) is 12.8 Å². The predicted molar refractivity (Wildman–Crippen MR) is 125 cm³/mol. The van der Waals surface area contributed by atoms with Crippen LogP contribution in [-0.4, -0.2) is 40.4 Å². The third-order valence-electron chi connectivity index (χ3n) is 5.87. The van der Waals surface area contributed by atoms with Crippen LogP contribution in [0.2, 0.25) is 5.02 Å². The van der Waals surface area contributed by atoms with Crippen molar-refractivity contribution in [1.82, 2.24) is 20.1 Å². The first-order valence-electron chi connectivity index (χ1n) is 11.2. The molecule has 0 aliphatic heterocycles. The highest BCUT2D eigenvalue weighted by Crippen LogP contribution is 2.37. The van der Waals surface area contributed by atoms with E-state index in [9.17, 15) is 4.79 Å². The number of carbonyl (C=O) groups is 1. The fourth-order valence-corrected chi connectivity index (χ4v) is 4.41. The van der Waals surface area contributed by atoms with E-state index in [-0.39, 0.29) is 17.6 Å². The molecular weight excluding hydrogens is 414 g/mol. The average molecular weight is 448 g/mol. The van der Waals surface area contributed by atoms with Gasteiger partial charge < -0.3 is 15.4 Å². The largest absolute Gasteiger partial charge is 0.496 e. The van der Waals surface area contributed by atoms with Gasteiger partial charge >= 0.3 is 0 Å². The molecule has 2 aromatic rings. The van der Waals surface area contributed by atoms with Crippen molar-refractivity contribution in [1.29, 1.82) is 0 Å². The number of halogens is 1. The van der Waals surface area contributed by atoms with Gasteiger partial charge in [-0.25, -0.2) is 4.98 Å². The molecule has 1 amide bonds. The molecule has 7 nitrogen and oxygen atoms in total. The summed E-state index contributed by atoms with van der Waals surface area (Å²) in [7, 11) is 1.61. The van der Waals surface area contributed by atoms with Crippen LogP contribution < -0.4 is 15.4 Å². The number of hydrogen-bond donors (Lipinski definition) is 2. The summed E-state index contributed by atoms with van der Waals surface area (Å²) in [5.41, 5.74) is 1.59. The summed E-state index contributed by atoms with van der Waals surface area (Å²) < 4.78 is 7.33. The third kappa shape index (κ3) is 5.50. The van der Waals surface area contributed by atoms with Gasteiger partial charge in [0.1, 0.15) is 11.6 Å².